The second-order valence-corrected chi connectivity index (χ2v) is 5.72. The van der Waals surface area contributed by atoms with Crippen molar-refractivity contribution in [2.75, 3.05) is 11.4 Å². The Morgan fingerprint density at radius 2 is 2.05 bits per heavy atom. The maximum Gasteiger partial charge on any atom is 0.0430 e. The molecule has 1 nitrogen and oxygen atoms in total. The first-order chi connectivity index (χ1) is 9.22. The summed E-state index contributed by atoms with van der Waals surface area (Å²) in [4.78, 5) is 2.46. The van der Waals surface area contributed by atoms with Crippen LogP contribution in [-0.2, 0) is 13.0 Å². The van der Waals surface area contributed by atoms with E-state index in [1.807, 2.05) is 12.1 Å². The third kappa shape index (κ3) is 2.76. The lowest BCUT2D eigenvalue weighted by molar-refractivity contribution is 0.691. The number of anilines is 1. The van der Waals surface area contributed by atoms with Gasteiger partial charge in [-0.15, -0.1) is 0 Å². The number of nitrogens with zero attached hydrogens (tertiary/aromatic N) is 1. The topological polar surface area (TPSA) is 3.24 Å². The summed E-state index contributed by atoms with van der Waals surface area (Å²) in [6.45, 7) is 4.23. The van der Waals surface area contributed by atoms with E-state index in [9.17, 15) is 0 Å². The van der Waals surface area contributed by atoms with Crippen molar-refractivity contribution >= 4 is 17.3 Å². The highest BCUT2D eigenvalue weighted by atomic mass is 35.5. The molecule has 0 saturated carbocycles. The monoisotopic (exact) mass is 271 g/mol. The van der Waals surface area contributed by atoms with E-state index < -0.39 is 0 Å². The Balaban J connectivity index is 1.87. The molecule has 0 radical (unpaired) electrons. The molecule has 2 aromatic carbocycles. The second kappa shape index (κ2) is 5.26. The van der Waals surface area contributed by atoms with E-state index in [2.05, 4.69) is 42.2 Å². The van der Waals surface area contributed by atoms with Crippen LogP contribution in [0.1, 0.15) is 23.1 Å². The Hall–Kier alpha value is -1.47. The SMILES string of the molecule is Cc1ccc2c(c1)CCCN2Cc1cccc(Cl)c1. The molecule has 0 amide bonds. The van der Waals surface area contributed by atoms with Crippen LogP contribution in [0.3, 0.4) is 0 Å². The molecular weight excluding hydrogens is 254 g/mol. The van der Waals surface area contributed by atoms with Crippen molar-refractivity contribution in [2.24, 2.45) is 0 Å². The molecule has 0 unspecified atom stereocenters. The van der Waals surface area contributed by atoms with Gasteiger partial charge in [0.15, 0.2) is 0 Å². The van der Waals surface area contributed by atoms with Crippen molar-refractivity contribution in [3.05, 3.63) is 64.2 Å². The molecule has 0 N–H and O–H groups in total. The average molecular weight is 272 g/mol. The third-order valence-corrected chi connectivity index (χ3v) is 3.95. The Morgan fingerprint density at radius 3 is 2.89 bits per heavy atom. The van der Waals surface area contributed by atoms with Crippen LogP contribution in [0, 0.1) is 6.92 Å². The fourth-order valence-electron chi connectivity index (χ4n) is 2.82. The number of rotatable bonds is 2. The van der Waals surface area contributed by atoms with Gasteiger partial charge in [-0.05, 0) is 49.1 Å². The van der Waals surface area contributed by atoms with Crippen molar-refractivity contribution < 1.29 is 0 Å². The summed E-state index contributed by atoms with van der Waals surface area (Å²) in [6, 6.07) is 14.9. The van der Waals surface area contributed by atoms with E-state index in [4.69, 9.17) is 11.6 Å². The maximum atomic E-state index is 6.07. The summed E-state index contributed by atoms with van der Waals surface area (Å²) in [5, 5.41) is 0.818. The van der Waals surface area contributed by atoms with Crippen LogP contribution in [0.4, 0.5) is 5.69 Å². The van der Waals surface area contributed by atoms with E-state index in [1.165, 1.54) is 35.2 Å². The molecule has 3 rings (SSSR count). The molecule has 1 aliphatic heterocycles. The molecule has 0 aromatic heterocycles. The summed E-state index contributed by atoms with van der Waals surface area (Å²) in [5.74, 6) is 0. The third-order valence-electron chi connectivity index (χ3n) is 3.71. The first-order valence-corrected chi connectivity index (χ1v) is 7.19. The summed E-state index contributed by atoms with van der Waals surface area (Å²) in [6.07, 6.45) is 2.43. The quantitative estimate of drug-likeness (QED) is 0.771. The van der Waals surface area contributed by atoms with Crippen molar-refractivity contribution in [3.63, 3.8) is 0 Å². The Labute approximate surface area is 119 Å². The Bertz CT molecular complexity index is 592. The van der Waals surface area contributed by atoms with Crippen LogP contribution < -0.4 is 4.90 Å². The molecule has 0 saturated heterocycles. The summed E-state index contributed by atoms with van der Waals surface area (Å²) >= 11 is 6.07. The van der Waals surface area contributed by atoms with Gasteiger partial charge in [0.25, 0.3) is 0 Å². The molecule has 0 spiro atoms. The maximum absolute atomic E-state index is 6.07. The predicted molar refractivity (Wildman–Crippen MR) is 82.0 cm³/mol. The van der Waals surface area contributed by atoms with Crippen molar-refractivity contribution in [3.8, 4) is 0 Å². The van der Waals surface area contributed by atoms with Gasteiger partial charge in [0.05, 0.1) is 0 Å². The number of benzene rings is 2. The molecule has 1 heterocycles. The number of aryl methyl sites for hydroxylation is 2. The standard InChI is InChI=1S/C17H18ClN/c1-13-7-8-17-15(10-13)5-3-9-19(17)12-14-4-2-6-16(18)11-14/h2,4,6-8,10-11H,3,5,9,12H2,1H3. The predicted octanol–water partition coefficient (Wildman–Crippen LogP) is 4.60. The van der Waals surface area contributed by atoms with Crippen LogP contribution in [-0.4, -0.2) is 6.54 Å². The average Bonchev–Trinajstić information content (AvgIpc) is 2.38. The first kappa shape index (κ1) is 12.6. The number of fused-ring (bicyclic) bond motifs is 1. The zero-order chi connectivity index (χ0) is 13.2. The highest BCUT2D eigenvalue weighted by Gasteiger charge is 2.16. The van der Waals surface area contributed by atoms with Gasteiger partial charge >= 0.3 is 0 Å². The fraction of sp³-hybridized carbons (Fsp3) is 0.294. The largest absolute Gasteiger partial charge is 0.367 e. The van der Waals surface area contributed by atoms with E-state index in [0.717, 1.165) is 18.1 Å². The molecule has 1 aliphatic rings. The van der Waals surface area contributed by atoms with Gasteiger partial charge in [-0.1, -0.05) is 41.4 Å². The minimum atomic E-state index is 0.818. The Kier molecular flexibility index (Phi) is 3.48. The van der Waals surface area contributed by atoms with Crippen LogP contribution >= 0.6 is 11.6 Å². The highest BCUT2D eigenvalue weighted by molar-refractivity contribution is 6.30. The minimum absolute atomic E-state index is 0.818. The molecule has 2 aromatic rings. The van der Waals surface area contributed by atoms with Gasteiger partial charge in [-0.2, -0.15) is 0 Å². The van der Waals surface area contributed by atoms with Gasteiger partial charge in [0.2, 0.25) is 0 Å². The molecule has 0 atom stereocenters. The van der Waals surface area contributed by atoms with Crippen LogP contribution in [0.25, 0.3) is 0 Å². The number of halogens is 1. The molecule has 98 valence electrons. The lowest BCUT2D eigenvalue weighted by atomic mass is 9.99. The Morgan fingerprint density at radius 1 is 1.16 bits per heavy atom. The van der Waals surface area contributed by atoms with Gasteiger partial charge in [0, 0.05) is 23.8 Å². The lowest BCUT2D eigenvalue weighted by Crippen LogP contribution is -2.28. The van der Waals surface area contributed by atoms with E-state index in [1.54, 1.807) is 0 Å². The van der Waals surface area contributed by atoms with E-state index >= 15 is 0 Å². The zero-order valence-electron chi connectivity index (χ0n) is 11.2. The molecular formula is C17H18ClN. The molecule has 0 bridgehead atoms. The van der Waals surface area contributed by atoms with Crippen LogP contribution in [0.2, 0.25) is 5.02 Å². The van der Waals surface area contributed by atoms with Crippen molar-refractivity contribution in [1.82, 2.24) is 0 Å². The fourth-order valence-corrected chi connectivity index (χ4v) is 3.04. The van der Waals surface area contributed by atoms with Gasteiger partial charge in [-0.25, -0.2) is 0 Å². The number of hydrogen-bond donors (Lipinski definition) is 0. The van der Waals surface area contributed by atoms with Gasteiger partial charge < -0.3 is 4.90 Å². The van der Waals surface area contributed by atoms with Crippen LogP contribution in [0.15, 0.2) is 42.5 Å². The van der Waals surface area contributed by atoms with E-state index in [0.29, 0.717) is 0 Å². The number of hydrogen-bond acceptors (Lipinski definition) is 1. The normalized spacial score (nSPS) is 14.3. The second-order valence-electron chi connectivity index (χ2n) is 5.29. The first-order valence-electron chi connectivity index (χ1n) is 6.81. The summed E-state index contributed by atoms with van der Waals surface area (Å²) in [7, 11) is 0. The van der Waals surface area contributed by atoms with Crippen LogP contribution in [0.5, 0.6) is 0 Å². The highest BCUT2D eigenvalue weighted by Crippen LogP contribution is 2.29. The minimum Gasteiger partial charge on any atom is -0.367 e. The summed E-state index contributed by atoms with van der Waals surface area (Å²) < 4.78 is 0. The van der Waals surface area contributed by atoms with Crippen molar-refractivity contribution in [2.45, 2.75) is 26.3 Å². The zero-order valence-corrected chi connectivity index (χ0v) is 12.0. The van der Waals surface area contributed by atoms with Crippen molar-refractivity contribution in [1.29, 1.82) is 0 Å². The molecule has 2 heteroatoms. The van der Waals surface area contributed by atoms with Gasteiger partial charge in [0.1, 0.15) is 0 Å². The summed E-state index contributed by atoms with van der Waals surface area (Å²) in [5.41, 5.74) is 5.49. The van der Waals surface area contributed by atoms with Gasteiger partial charge in [-0.3, -0.25) is 0 Å². The molecule has 19 heavy (non-hydrogen) atoms. The lowest BCUT2D eigenvalue weighted by Gasteiger charge is -2.31. The van der Waals surface area contributed by atoms with E-state index in [-0.39, 0.29) is 0 Å². The molecule has 0 fully saturated rings. The smallest absolute Gasteiger partial charge is 0.0430 e. The molecule has 0 aliphatic carbocycles.